The molecule has 2 aromatic rings. The van der Waals surface area contributed by atoms with Crippen molar-refractivity contribution in [3.63, 3.8) is 0 Å². The smallest absolute Gasteiger partial charge is 0.274 e. The van der Waals surface area contributed by atoms with Gasteiger partial charge in [0, 0.05) is 0 Å². The van der Waals surface area contributed by atoms with Crippen molar-refractivity contribution < 1.29 is 8.84 Å². The van der Waals surface area contributed by atoms with Gasteiger partial charge in [0.05, 0.1) is 12.5 Å². The van der Waals surface area contributed by atoms with Crippen molar-refractivity contribution in [2.24, 2.45) is 4.99 Å². The maximum atomic E-state index is 5.88. The number of benzene rings is 1. The Labute approximate surface area is 115 Å². The van der Waals surface area contributed by atoms with Gasteiger partial charge in [0.15, 0.2) is 0 Å². The summed E-state index contributed by atoms with van der Waals surface area (Å²) in [5.74, 6) is 1.63. The highest BCUT2D eigenvalue weighted by molar-refractivity contribution is 6.49. The van der Waals surface area contributed by atoms with E-state index in [0.29, 0.717) is 0 Å². The third-order valence-electron chi connectivity index (χ3n) is 2.65. The first-order chi connectivity index (χ1) is 9.06. The van der Waals surface area contributed by atoms with Crippen LogP contribution in [0, 0.1) is 13.8 Å². The van der Waals surface area contributed by atoms with Crippen LogP contribution in [0.25, 0.3) is 0 Å². The van der Waals surface area contributed by atoms with Gasteiger partial charge in [0.25, 0.3) is 9.04 Å². The van der Waals surface area contributed by atoms with E-state index in [2.05, 4.69) is 25.0 Å². The van der Waals surface area contributed by atoms with Crippen LogP contribution in [0.2, 0.25) is 13.1 Å². The quantitative estimate of drug-likeness (QED) is 0.615. The highest BCUT2D eigenvalue weighted by atomic mass is 28.3. The molecule has 1 aromatic carbocycles. The molecule has 2 rings (SSSR count). The predicted molar refractivity (Wildman–Crippen MR) is 80.0 cm³/mol. The third kappa shape index (κ3) is 3.58. The lowest BCUT2D eigenvalue weighted by molar-refractivity contribution is 0.558. The van der Waals surface area contributed by atoms with Crippen LogP contribution in [-0.4, -0.2) is 15.3 Å². The second-order valence-electron chi connectivity index (χ2n) is 4.71. The van der Waals surface area contributed by atoms with Crippen molar-refractivity contribution >= 4 is 20.9 Å². The van der Waals surface area contributed by atoms with Gasteiger partial charge in [-0.25, -0.2) is 4.99 Å². The molecule has 0 unspecified atom stereocenters. The summed E-state index contributed by atoms with van der Waals surface area (Å²) >= 11 is 0. The minimum Gasteiger partial charge on any atom is -0.541 e. The Hall–Kier alpha value is -1.81. The van der Waals surface area contributed by atoms with Crippen LogP contribution in [0.15, 0.2) is 39.9 Å². The number of aryl methyl sites for hydroxylation is 2. The van der Waals surface area contributed by atoms with E-state index in [1.54, 1.807) is 12.5 Å². The lowest BCUT2D eigenvalue weighted by atomic mass is 10.2. The summed E-state index contributed by atoms with van der Waals surface area (Å²) in [6.07, 6.45) is 3.41. The van der Waals surface area contributed by atoms with Crippen LogP contribution in [0.4, 0.5) is 5.69 Å². The molecule has 0 spiro atoms. The Bertz CT molecular complexity index is 588. The number of rotatable bonds is 4. The molecule has 99 valence electrons. The van der Waals surface area contributed by atoms with Gasteiger partial charge in [0.1, 0.15) is 17.2 Å². The molecule has 1 aromatic heterocycles. The zero-order chi connectivity index (χ0) is 13.8. The van der Waals surface area contributed by atoms with Gasteiger partial charge in [-0.1, -0.05) is 6.07 Å². The molecule has 1 heterocycles. The molecule has 0 saturated carbocycles. The first kappa shape index (κ1) is 13.6. The van der Waals surface area contributed by atoms with Crippen molar-refractivity contribution in [2.75, 3.05) is 0 Å². The molecule has 3 nitrogen and oxygen atoms in total. The summed E-state index contributed by atoms with van der Waals surface area (Å²) < 4.78 is 11.2. The number of hydrogen-bond donors (Lipinski definition) is 0. The van der Waals surface area contributed by atoms with Gasteiger partial charge >= 0.3 is 0 Å². The van der Waals surface area contributed by atoms with Gasteiger partial charge in [-0.05, 0) is 56.3 Å². The van der Waals surface area contributed by atoms with Crippen LogP contribution in [0.3, 0.4) is 0 Å². The van der Waals surface area contributed by atoms with Crippen molar-refractivity contribution in [2.45, 2.75) is 26.9 Å². The van der Waals surface area contributed by atoms with Crippen molar-refractivity contribution in [3.05, 3.63) is 47.4 Å². The highest BCUT2D eigenvalue weighted by Gasteiger charge is 2.07. The second-order valence-corrected chi connectivity index (χ2v) is 6.73. The fourth-order valence-corrected chi connectivity index (χ4v) is 2.28. The van der Waals surface area contributed by atoms with Gasteiger partial charge in [-0.15, -0.1) is 0 Å². The summed E-state index contributed by atoms with van der Waals surface area (Å²) in [5.41, 5.74) is 3.09. The maximum absolute atomic E-state index is 5.88. The number of nitrogens with zero attached hydrogens (tertiary/aromatic N) is 1. The Morgan fingerprint density at radius 3 is 2.63 bits per heavy atom. The Morgan fingerprint density at radius 1 is 1.21 bits per heavy atom. The van der Waals surface area contributed by atoms with E-state index in [-0.39, 0.29) is 0 Å². The largest absolute Gasteiger partial charge is 0.541 e. The molecule has 0 N–H and O–H groups in total. The van der Waals surface area contributed by atoms with E-state index >= 15 is 0 Å². The van der Waals surface area contributed by atoms with Crippen molar-refractivity contribution in [1.29, 1.82) is 0 Å². The second kappa shape index (κ2) is 5.89. The van der Waals surface area contributed by atoms with Crippen LogP contribution >= 0.6 is 0 Å². The molecule has 0 aliphatic rings. The van der Waals surface area contributed by atoms with Crippen molar-refractivity contribution in [3.8, 4) is 5.75 Å². The van der Waals surface area contributed by atoms with Crippen LogP contribution in [0.1, 0.15) is 16.9 Å². The molecular formula is C15H18NO2Si. The zero-order valence-electron chi connectivity index (χ0n) is 11.7. The summed E-state index contributed by atoms with van der Waals surface area (Å²) in [4.78, 5) is 4.48. The third-order valence-corrected chi connectivity index (χ3v) is 3.28. The number of furan rings is 1. The Balaban J connectivity index is 2.29. The lowest BCUT2D eigenvalue weighted by Crippen LogP contribution is -2.11. The SMILES string of the molecule is Cc1ccc(N=Cc2occc2C)c(O[Si](C)C)c1. The Morgan fingerprint density at radius 2 is 2.00 bits per heavy atom. The first-order valence-electron chi connectivity index (χ1n) is 6.23. The summed E-state index contributed by atoms with van der Waals surface area (Å²) in [5, 5.41) is 0. The molecule has 1 radical (unpaired) electrons. The molecule has 0 amide bonds. The average molecular weight is 272 g/mol. The summed E-state index contributed by atoms with van der Waals surface area (Å²) in [7, 11) is -0.802. The normalized spacial score (nSPS) is 11.4. The molecule has 19 heavy (non-hydrogen) atoms. The zero-order valence-corrected chi connectivity index (χ0v) is 12.7. The Kier molecular flexibility index (Phi) is 4.22. The molecule has 0 saturated heterocycles. The van der Waals surface area contributed by atoms with E-state index < -0.39 is 9.04 Å². The van der Waals surface area contributed by atoms with E-state index in [9.17, 15) is 0 Å². The lowest BCUT2D eigenvalue weighted by Gasteiger charge is -2.11. The van der Waals surface area contributed by atoms with Crippen LogP contribution in [0.5, 0.6) is 5.75 Å². The number of aliphatic imine (C=N–C) groups is 1. The van der Waals surface area contributed by atoms with Gasteiger partial charge in [-0.3, -0.25) is 0 Å². The summed E-state index contributed by atoms with van der Waals surface area (Å²) in [6, 6.07) is 7.96. The average Bonchev–Trinajstić information content (AvgIpc) is 2.73. The van der Waals surface area contributed by atoms with Gasteiger partial charge in [0.2, 0.25) is 0 Å². The standard InChI is InChI=1S/C15H18NO2Si/c1-11-5-6-13(14(9-11)18-19(3)4)16-10-15-12(2)7-8-17-15/h5-10H,1-4H3. The minimum absolute atomic E-state index is 0.782. The molecule has 0 aliphatic carbocycles. The molecule has 0 fully saturated rings. The topological polar surface area (TPSA) is 34.7 Å². The fourth-order valence-electron chi connectivity index (χ4n) is 1.67. The van der Waals surface area contributed by atoms with E-state index in [1.807, 2.05) is 31.2 Å². The molecule has 4 heteroatoms. The van der Waals surface area contributed by atoms with Crippen LogP contribution in [-0.2, 0) is 0 Å². The van der Waals surface area contributed by atoms with E-state index in [0.717, 1.165) is 22.8 Å². The molecule has 0 aliphatic heterocycles. The fraction of sp³-hybridized carbons (Fsp3) is 0.267. The summed E-state index contributed by atoms with van der Waals surface area (Å²) in [6.45, 7) is 8.26. The van der Waals surface area contributed by atoms with E-state index in [1.165, 1.54) is 5.56 Å². The van der Waals surface area contributed by atoms with Crippen LogP contribution < -0.4 is 4.43 Å². The van der Waals surface area contributed by atoms with Crippen molar-refractivity contribution in [1.82, 2.24) is 0 Å². The minimum atomic E-state index is -0.802. The first-order valence-corrected chi connectivity index (χ1v) is 8.64. The number of hydrogen-bond acceptors (Lipinski definition) is 3. The molecule has 0 bridgehead atoms. The van der Waals surface area contributed by atoms with Gasteiger partial charge < -0.3 is 8.84 Å². The highest BCUT2D eigenvalue weighted by Crippen LogP contribution is 2.29. The molecule has 0 atom stereocenters. The molecular weight excluding hydrogens is 254 g/mol. The predicted octanol–water partition coefficient (Wildman–Crippen LogP) is 4.28. The van der Waals surface area contributed by atoms with Gasteiger partial charge in [-0.2, -0.15) is 0 Å². The monoisotopic (exact) mass is 272 g/mol. The maximum Gasteiger partial charge on any atom is 0.274 e. The van der Waals surface area contributed by atoms with E-state index in [4.69, 9.17) is 8.84 Å².